The highest BCUT2D eigenvalue weighted by atomic mass is 79.9. The standard InChI is InChI=1S/C19H20N2O2S.BrH/c1-4-23-16-8-6-5-7-14(16)15(22)11-20-19-21-18-13(3)12(2)9-10-17(18)24-19;/h5-10H,4,11H2,1-3H3,(H,20,21);1H. The molecule has 0 bridgehead atoms. The van der Waals surface area contributed by atoms with E-state index in [4.69, 9.17) is 4.74 Å². The van der Waals surface area contributed by atoms with E-state index in [0.717, 1.165) is 15.3 Å². The van der Waals surface area contributed by atoms with Gasteiger partial charge in [0.05, 0.1) is 28.9 Å². The first-order valence-electron chi connectivity index (χ1n) is 7.95. The maximum atomic E-state index is 12.5. The molecular weight excluding hydrogens is 400 g/mol. The minimum Gasteiger partial charge on any atom is -0.493 e. The van der Waals surface area contributed by atoms with Crippen LogP contribution in [0.25, 0.3) is 10.2 Å². The van der Waals surface area contributed by atoms with Crippen LogP contribution in [0.3, 0.4) is 0 Å². The van der Waals surface area contributed by atoms with Gasteiger partial charge in [-0.25, -0.2) is 4.98 Å². The summed E-state index contributed by atoms with van der Waals surface area (Å²) in [7, 11) is 0. The first-order chi connectivity index (χ1) is 11.6. The van der Waals surface area contributed by atoms with Crippen molar-refractivity contribution in [2.45, 2.75) is 20.8 Å². The van der Waals surface area contributed by atoms with Gasteiger partial charge >= 0.3 is 0 Å². The first kappa shape index (κ1) is 19.4. The average molecular weight is 421 g/mol. The minimum absolute atomic E-state index is 0. The number of ether oxygens (including phenoxy) is 1. The molecule has 0 saturated carbocycles. The minimum atomic E-state index is -0.00814. The number of rotatable bonds is 6. The van der Waals surface area contributed by atoms with Crippen molar-refractivity contribution in [1.29, 1.82) is 0 Å². The molecule has 0 amide bonds. The summed E-state index contributed by atoms with van der Waals surface area (Å²) in [4.78, 5) is 17.1. The molecule has 2 aromatic carbocycles. The summed E-state index contributed by atoms with van der Waals surface area (Å²) in [6.45, 7) is 6.79. The van der Waals surface area contributed by atoms with Gasteiger partial charge in [-0.3, -0.25) is 4.79 Å². The fourth-order valence-corrected chi connectivity index (χ4v) is 3.45. The third kappa shape index (κ3) is 4.19. The average Bonchev–Trinajstić information content (AvgIpc) is 3.01. The lowest BCUT2D eigenvalue weighted by Crippen LogP contribution is -2.15. The Balaban J connectivity index is 0.00000225. The molecule has 1 aromatic heterocycles. The van der Waals surface area contributed by atoms with E-state index < -0.39 is 0 Å². The quantitative estimate of drug-likeness (QED) is 0.557. The summed E-state index contributed by atoms with van der Waals surface area (Å²) < 4.78 is 6.65. The van der Waals surface area contributed by atoms with Crippen LogP contribution in [-0.2, 0) is 0 Å². The largest absolute Gasteiger partial charge is 0.493 e. The van der Waals surface area contributed by atoms with Crippen molar-refractivity contribution < 1.29 is 9.53 Å². The summed E-state index contributed by atoms with van der Waals surface area (Å²) in [6, 6.07) is 11.5. The molecule has 0 unspecified atom stereocenters. The number of nitrogens with one attached hydrogen (secondary N) is 1. The molecule has 0 atom stereocenters. The molecule has 0 aliphatic carbocycles. The Morgan fingerprint density at radius 3 is 2.72 bits per heavy atom. The molecule has 0 saturated heterocycles. The summed E-state index contributed by atoms with van der Waals surface area (Å²) in [5, 5.41) is 3.92. The molecule has 0 spiro atoms. The monoisotopic (exact) mass is 420 g/mol. The van der Waals surface area contributed by atoms with Gasteiger partial charge in [0.1, 0.15) is 5.75 Å². The van der Waals surface area contributed by atoms with Crippen molar-refractivity contribution >= 4 is 49.4 Å². The highest BCUT2D eigenvalue weighted by Gasteiger charge is 2.13. The fourth-order valence-electron chi connectivity index (χ4n) is 2.53. The first-order valence-corrected chi connectivity index (χ1v) is 8.77. The van der Waals surface area contributed by atoms with Crippen LogP contribution in [0.15, 0.2) is 36.4 Å². The number of fused-ring (bicyclic) bond motifs is 1. The van der Waals surface area contributed by atoms with E-state index in [0.29, 0.717) is 17.9 Å². The van der Waals surface area contributed by atoms with Crippen molar-refractivity contribution in [3.8, 4) is 5.75 Å². The number of Topliss-reactive ketones (excluding diaryl/α,β-unsaturated/α-hetero) is 1. The van der Waals surface area contributed by atoms with E-state index >= 15 is 0 Å². The number of benzene rings is 2. The Morgan fingerprint density at radius 1 is 1.20 bits per heavy atom. The van der Waals surface area contributed by atoms with Gasteiger partial charge in [-0.05, 0) is 50.1 Å². The molecule has 0 aliphatic heterocycles. The number of hydrogen-bond donors (Lipinski definition) is 1. The topological polar surface area (TPSA) is 51.2 Å². The van der Waals surface area contributed by atoms with Crippen molar-refractivity contribution in [3.63, 3.8) is 0 Å². The predicted octanol–water partition coefficient (Wildman–Crippen LogP) is 5.18. The SMILES string of the molecule is Br.CCOc1ccccc1C(=O)CNc1nc2c(C)c(C)ccc2s1. The Bertz CT molecular complexity index is 892. The Morgan fingerprint density at radius 2 is 1.96 bits per heavy atom. The molecule has 1 N–H and O–H groups in total. The number of aryl methyl sites for hydroxylation is 2. The highest BCUT2D eigenvalue weighted by Crippen LogP contribution is 2.29. The van der Waals surface area contributed by atoms with Gasteiger partial charge in [-0.2, -0.15) is 0 Å². The number of ketones is 1. The maximum absolute atomic E-state index is 12.5. The molecule has 25 heavy (non-hydrogen) atoms. The number of halogens is 1. The van der Waals surface area contributed by atoms with E-state index in [1.54, 1.807) is 17.4 Å². The summed E-state index contributed by atoms with van der Waals surface area (Å²) in [5.74, 6) is 0.619. The number of hydrogen-bond acceptors (Lipinski definition) is 5. The van der Waals surface area contributed by atoms with E-state index in [2.05, 4.69) is 36.3 Å². The molecule has 132 valence electrons. The maximum Gasteiger partial charge on any atom is 0.185 e. The number of carbonyl (C=O) groups is 1. The Kier molecular flexibility index (Phi) is 6.56. The number of thiazole rings is 1. The van der Waals surface area contributed by atoms with E-state index in [9.17, 15) is 4.79 Å². The van der Waals surface area contributed by atoms with Gasteiger partial charge in [-0.15, -0.1) is 17.0 Å². The second kappa shape index (κ2) is 8.45. The normalized spacial score (nSPS) is 10.4. The fraction of sp³-hybridized carbons (Fsp3) is 0.263. The summed E-state index contributed by atoms with van der Waals surface area (Å²) in [5.41, 5.74) is 4.01. The predicted molar refractivity (Wildman–Crippen MR) is 110 cm³/mol. The van der Waals surface area contributed by atoms with Crippen LogP contribution in [0.4, 0.5) is 5.13 Å². The number of aromatic nitrogens is 1. The highest BCUT2D eigenvalue weighted by molar-refractivity contribution is 8.93. The van der Waals surface area contributed by atoms with Gasteiger partial charge in [0.25, 0.3) is 0 Å². The van der Waals surface area contributed by atoms with Crippen molar-refractivity contribution in [2.24, 2.45) is 0 Å². The lowest BCUT2D eigenvalue weighted by atomic mass is 10.1. The second-order valence-corrected chi connectivity index (χ2v) is 6.61. The van der Waals surface area contributed by atoms with Crippen LogP contribution < -0.4 is 10.1 Å². The molecule has 0 fully saturated rings. The smallest absolute Gasteiger partial charge is 0.185 e. The van der Waals surface area contributed by atoms with Crippen LogP contribution in [0.5, 0.6) is 5.75 Å². The molecule has 0 radical (unpaired) electrons. The van der Waals surface area contributed by atoms with Crippen molar-refractivity contribution in [1.82, 2.24) is 4.98 Å². The second-order valence-electron chi connectivity index (χ2n) is 5.58. The molecule has 1 heterocycles. The lowest BCUT2D eigenvalue weighted by molar-refractivity contribution is 0.100. The van der Waals surface area contributed by atoms with Crippen LogP contribution in [0.1, 0.15) is 28.4 Å². The Labute approximate surface area is 162 Å². The number of carbonyl (C=O) groups excluding carboxylic acids is 1. The van der Waals surface area contributed by atoms with Crippen LogP contribution in [0, 0.1) is 13.8 Å². The third-order valence-electron chi connectivity index (χ3n) is 3.97. The zero-order valence-corrected chi connectivity index (χ0v) is 17.0. The summed E-state index contributed by atoms with van der Waals surface area (Å²) in [6.07, 6.45) is 0. The van der Waals surface area contributed by atoms with Gasteiger partial charge in [0, 0.05) is 0 Å². The van der Waals surface area contributed by atoms with Crippen LogP contribution >= 0.6 is 28.3 Å². The van der Waals surface area contributed by atoms with Crippen LogP contribution in [-0.4, -0.2) is 23.9 Å². The van der Waals surface area contributed by atoms with Gasteiger partial charge in [0.2, 0.25) is 0 Å². The van der Waals surface area contributed by atoms with Gasteiger partial charge < -0.3 is 10.1 Å². The Hall–Kier alpha value is -1.92. The van der Waals surface area contributed by atoms with Crippen LogP contribution in [0.2, 0.25) is 0 Å². The van der Waals surface area contributed by atoms with E-state index in [-0.39, 0.29) is 29.3 Å². The zero-order chi connectivity index (χ0) is 17.1. The molecular formula is C19H21BrN2O2S. The zero-order valence-electron chi connectivity index (χ0n) is 14.5. The molecule has 4 nitrogen and oxygen atoms in total. The van der Waals surface area contributed by atoms with Crippen molar-refractivity contribution in [3.05, 3.63) is 53.1 Å². The van der Waals surface area contributed by atoms with E-state index in [1.165, 1.54) is 11.1 Å². The van der Waals surface area contributed by atoms with Gasteiger partial charge in [-0.1, -0.05) is 29.5 Å². The molecule has 3 aromatic rings. The third-order valence-corrected chi connectivity index (χ3v) is 4.95. The van der Waals surface area contributed by atoms with Crippen molar-refractivity contribution in [2.75, 3.05) is 18.5 Å². The van der Waals surface area contributed by atoms with E-state index in [1.807, 2.05) is 25.1 Å². The number of anilines is 1. The summed E-state index contributed by atoms with van der Waals surface area (Å²) >= 11 is 1.57. The lowest BCUT2D eigenvalue weighted by Gasteiger charge is -2.09. The molecule has 6 heteroatoms. The molecule has 3 rings (SSSR count). The number of para-hydroxylation sites is 1. The number of nitrogens with zero attached hydrogens (tertiary/aromatic N) is 1. The van der Waals surface area contributed by atoms with Gasteiger partial charge in [0.15, 0.2) is 10.9 Å². The molecule has 0 aliphatic rings.